The fraction of sp³-hybridized carbons (Fsp3) is 0.0444. The van der Waals surface area contributed by atoms with Crippen LogP contribution in [0.5, 0.6) is 0 Å². The maximum absolute atomic E-state index is 5.26. The number of nitrogens with zero attached hydrogens (tertiary/aromatic N) is 1. The summed E-state index contributed by atoms with van der Waals surface area (Å²) in [5, 5.41) is 7.60. The average molecular weight is 586 g/mol. The van der Waals surface area contributed by atoms with Crippen molar-refractivity contribution in [3.8, 4) is 22.3 Å². The van der Waals surface area contributed by atoms with Crippen LogP contribution < -0.4 is 0 Å². The quantitative estimate of drug-likeness (QED) is 0.182. The number of para-hydroxylation sites is 1. The van der Waals surface area contributed by atoms with Crippen LogP contribution in [0.25, 0.3) is 54.6 Å². The van der Waals surface area contributed by atoms with Crippen molar-refractivity contribution in [1.29, 1.82) is 0 Å². The molecule has 46 heavy (non-hydrogen) atoms. The van der Waals surface area contributed by atoms with Crippen molar-refractivity contribution in [2.45, 2.75) is 12.3 Å². The highest BCUT2D eigenvalue weighted by Crippen LogP contribution is 2.44. The van der Waals surface area contributed by atoms with Gasteiger partial charge < -0.3 is 0 Å². The molecule has 0 saturated heterocycles. The molecule has 216 valence electrons. The van der Waals surface area contributed by atoms with Crippen LogP contribution in [-0.2, 0) is 6.42 Å². The van der Waals surface area contributed by atoms with Crippen LogP contribution in [0.4, 0.5) is 5.69 Å². The molecule has 0 bridgehead atoms. The molecule has 0 aliphatic carbocycles. The molecule has 0 saturated carbocycles. The molecule has 1 heteroatoms. The highest BCUT2D eigenvalue weighted by Gasteiger charge is 2.26. The molecule has 1 aliphatic rings. The van der Waals surface area contributed by atoms with E-state index in [2.05, 4.69) is 170 Å². The summed E-state index contributed by atoms with van der Waals surface area (Å²) in [5.41, 5.74) is 11.0. The van der Waals surface area contributed by atoms with Crippen molar-refractivity contribution in [2.75, 3.05) is 0 Å². The maximum atomic E-state index is 5.26. The summed E-state index contributed by atoms with van der Waals surface area (Å²) in [6.07, 6.45) is 0.951. The second-order valence-corrected chi connectivity index (χ2v) is 12.3. The molecule has 0 amide bonds. The lowest BCUT2D eigenvalue weighted by molar-refractivity contribution is 0.859. The molecule has 1 aliphatic heterocycles. The standard InChI is InChI=1S/C45H31N/c1-2-13-31(14-3-1)41-29-35-16-6-11-21-42(35)46-45(41)33-25-23-32(24-26-33)43-37-17-7-9-19-39(37)44(40-20-10-8-18-38(40)43)36-27-22-30-12-4-5-15-34(30)28-36/h1-28,41H,29H2. The van der Waals surface area contributed by atoms with Crippen molar-refractivity contribution in [3.63, 3.8) is 0 Å². The van der Waals surface area contributed by atoms with Crippen LogP contribution in [-0.4, -0.2) is 5.71 Å². The van der Waals surface area contributed by atoms with Gasteiger partial charge in [0.1, 0.15) is 0 Å². The molecule has 0 spiro atoms. The van der Waals surface area contributed by atoms with Gasteiger partial charge in [0.15, 0.2) is 0 Å². The zero-order valence-electron chi connectivity index (χ0n) is 25.4. The Labute approximate surface area is 269 Å². The molecule has 1 atom stereocenters. The molecule has 0 N–H and O–H groups in total. The second-order valence-electron chi connectivity index (χ2n) is 12.3. The Morgan fingerprint density at radius 3 is 1.63 bits per heavy atom. The van der Waals surface area contributed by atoms with Crippen LogP contribution in [0.1, 0.15) is 22.6 Å². The number of aliphatic imine (C=N–C) groups is 1. The van der Waals surface area contributed by atoms with E-state index in [0.717, 1.165) is 17.8 Å². The molecule has 0 fully saturated rings. The third-order valence-electron chi connectivity index (χ3n) is 9.63. The van der Waals surface area contributed by atoms with Gasteiger partial charge in [-0.05, 0) is 89.8 Å². The Morgan fingerprint density at radius 2 is 0.935 bits per heavy atom. The molecular weight excluding hydrogens is 555 g/mol. The second kappa shape index (κ2) is 11.0. The van der Waals surface area contributed by atoms with Gasteiger partial charge in [-0.1, -0.05) is 158 Å². The first-order valence-corrected chi connectivity index (χ1v) is 16.1. The van der Waals surface area contributed by atoms with Gasteiger partial charge in [-0.2, -0.15) is 0 Å². The number of hydrogen-bond acceptors (Lipinski definition) is 1. The van der Waals surface area contributed by atoms with Crippen molar-refractivity contribution in [2.24, 2.45) is 4.99 Å². The SMILES string of the molecule is c1ccc(C2Cc3ccccc3N=C2c2ccc(-c3c4ccccc4c(-c4ccc5ccccc5c4)c4ccccc34)cc2)cc1. The summed E-state index contributed by atoms with van der Waals surface area (Å²) < 4.78 is 0. The Hall–Kier alpha value is -5.79. The predicted molar refractivity (Wildman–Crippen MR) is 195 cm³/mol. The predicted octanol–water partition coefficient (Wildman–Crippen LogP) is 11.9. The van der Waals surface area contributed by atoms with Gasteiger partial charge in [0.25, 0.3) is 0 Å². The first-order valence-electron chi connectivity index (χ1n) is 16.1. The Balaban J connectivity index is 1.21. The van der Waals surface area contributed by atoms with E-state index in [1.165, 1.54) is 71.3 Å². The van der Waals surface area contributed by atoms with E-state index in [-0.39, 0.29) is 5.92 Å². The lowest BCUT2D eigenvalue weighted by Gasteiger charge is -2.26. The van der Waals surface area contributed by atoms with Gasteiger partial charge >= 0.3 is 0 Å². The van der Waals surface area contributed by atoms with Gasteiger partial charge in [-0.15, -0.1) is 0 Å². The summed E-state index contributed by atoms with van der Waals surface area (Å²) >= 11 is 0. The van der Waals surface area contributed by atoms with Crippen LogP contribution in [0.2, 0.25) is 0 Å². The van der Waals surface area contributed by atoms with Crippen LogP contribution in [0.3, 0.4) is 0 Å². The van der Waals surface area contributed by atoms with Crippen LogP contribution in [0.15, 0.2) is 175 Å². The smallest absolute Gasteiger partial charge is 0.0665 e. The number of rotatable bonds is 4. The Kier molecular flexibility index (Phi) is 6.35. The third-order valence-corrected chi connectivity index (χ3v) is 9.63. The van der Waals surface area contributed by atoms with E-state index in [1.807, 2.05) is 0 Å². The Bertz CT molecular complexity index is 2380. The minimum atomic E-state index is 0.213. The summed E-state index contributed by atoms with van der Waals surface area (Å²) in [7, 11) is 0. The molecule has 8 aromatic carbocycles. The molecule has 9 rings (SSSR count). The first kappa shape index (κ1) is 26.6. The lowest BCUT2D eigenvalue weighted by Crippen LogP contribution is -2.20. The van der Waals surface area contributed by atoms with E-state index in [4.69, 9.17) is 4.99 Å². The normalized spacial score (nSPS) is 14.3. The summed E-state index contributed by atoms with van der Waals surface area (Å²) in [5.74, 6) is 0.213. The fourth-order valence-electron chi connectivity index (χ4n) is 7.45. The van der Waals surface area contributed by atoms with E-state index in [1.54, 1.807) is 0 Å². The minimum Gasteiger partial charge on any atom is -0.252 e. The van der Waals surface area contributed by atoms with E-state index in [9.17, 15) is 0 Å². The van der Waals surface area contributed by atoms with Crippen molar-refractivity contribution >= 4 is 43.7 Å². The lowest BCUT2D eigenvalue weighted by atomic mass is 9.81. The number of fused-ring (bicyclic) bond motifs is 4. The summed E-state index contributed by atoms with van der Waals surface area (Å²) in [6, 6.07) is 61.8. The zero-order valence-corrected chi connectivity index (χ0v) is 25.4. The molecule has 0 aromatic heterocycles. The number of benzene rings is 8. The van der Waals surface area contributed by atoms with Gasteiger partial charge in [-0.25, -0.2) is 0 Å². The maximum Gasteiger partial charge on any atom is 0.0665 e. The van der Waals surface area contributed by atoms with Gasteiger partial charge in [0, 0.05) is 5.92 Å². The van der Waals surface area contributed by atoms with E-state index in [0.29, 0.717) is 0 Å². The molecule has 8 aromatic rings. The highest BCUT2D eigenvalue weighted by atomic mass is 14.8. The highest BCUT2D eigenvalue weighted by molar-refractivity contribution is 6.22. The molecule has 0 radical (unpaired) electrons. The van der Waals surface area contributed by atoms with Crippen molar-refractivity contribution < 1.29 is 0 Å². The summed E-state index contributed by atoms with van der Waals surface area (Å²) in [6.45, 7) is 0. The average Bonchev–Trinajstić information content (AvgIpc) is 3.13. The zero-order chi connectivity index (χ0) is 30.5. The van der Waals surface area contributed by atoms with Crippen LogP contribution in [0, 0.1) is 0 Å². The Morgan fingerprint density at radius 1 is 0.413 bits per heavy atom. The molecular formula is C45H31N. The van der Waals surface area contributed by atoms with Gasteiger partial charge in [-0.3, -0.25) is 4.99 Å². The minimum absolute atomic E-state index is 0.213. The third kappa shape index (κ3) is 4.44. The van der Waals surface area contributed by atoms with Gasteiger partial charge in [0.05, 0.1) is 11.4 Å². The monoisotopic (exact) mass is 585 g/mol. The molecule has 1 unspecified atom stereocenters. The van der Waals surface area contributed by atoms with E-state index >= 15 is 0 Å². The molecule has 1 heterocycles. The van der Waals surface area contributed by atoms with Crippen LogP contribution >= 0.6 is 0 Å². The topological polar surface area (TPSA) is 12.4 Å². The first-order chi connectivity index (χ1) is 22.8. The van der Waals surface area contributed by atoms with Crippen molar-refractivity contribution in [3.05, 3.63) is 187 Å². The fourth-order valence-corrected chi connectivity index (χ4v) is 7.45. The molecule has 1 nitrogen and oxygen atoms in total. The number of hydrogen-bond donors (Lipinski definition) is 0. The van der Waals surface area contributed by atoms with Crippen molar-refractivity contribution in [1.82, 2.24) is 0 Å². The van der Waals surface area contributed by atoms with Gasteiger partial charge in [0.2, 0.25) is 0 Å². The largest absolute Gasteiger partial charge is 0.252 e. The van der Waals surface area contributed by atoms with E-state index < -0.39 is 0 Å². The summed E-state index contributed by atoms with van der Waals surface area (Å²) in [4.78, 5) is 5.26.